The Bertz CT molecular complexity index is 3640. The molecule has 0 fully saturated rings. The van der Waals surface area contributed by atoms with E-state index in [4.69, 9.17) is 0 Å². The van der Waals surface area contributed by atoms with Gasteiger partial charge in [0.05, 0.1) is 39.0 Å². The fourth-order valence-electron chi connectivity index (χ4n) is 9.80. The van der Waals surface area contributed by atoms with Gasteiger partial charge in [0.1, 0.15) is 23.3 Å². The van der Waals surface area contributed by atoms with Crippen molar-refractivity contribution in [2.45, 2.75) is 0 Å². The van der Waals surface area contributed by atoms with Gasteiger partial charge in [0, 0.05) is 21.5 Å². The van der Waals surface area contributed by atoms with Crippen LogP contribution in [0.5, 0.6) is 0 Å². The Kier molecular flexibility index (Phi) is 9.25. The summed E-state index contributed by atoms with van der Waals surface area (Å²) in [6.07, 6.45) is 0. The van der Waals surface area contributed by atoms with Gasteiger partial charge in [-0.05, 0) is 111 Å². The molecule has 66 heavy (non-hydrogen) atoms. The van der Waals surface area contributed by atoms with E-state index in [9.17, 15) is 5.26 Å². The highest BCUT2D eigenvalue weighted by molar-refractivity contribution is 6.13. The molecular weight excluding hydrogens is 813 g/mol. The molecular formula is C61H37F2N3. The van der Waals surface area contributed by atoms with Gasteiger partial charge in [0.15, 0.2) is 0 Å². The molecule has 0 bridgehead atoms. The highest BCUT2D eigenvalue weighted by Crippen LogP contribution is 2.44. The Labute approximate surface area is 379 Å². The summed E-state index contributed by atoms with van der Waals surface area (Å²) >= 11 is 0. The van der Waals surface area contributed by atoms with E-state index in [2.05, 4.69) is 137 Å². The van der Waals surface area contributed by atoms with E-state index in [0.717, 1.165) is 88.1 Å². The number of fused-ring (bicyclic) bond motifs is 6. The second-order valence-corrected chi connectivity index (χ2v) is 16.7. The van der Waals surface area contributed by atoms with Gasteiger partial charge >= 0.3 is 0 Å². The Morgan fingerprint density at radius 1 is 0.303 bits per heavy atom. The molecule has 0 saturated heterocycles. The Balaban J connectivity index is 1.22. The van der Waals surface area contributed by atoms with E-state index < -0.39 is 11.6 Å². The first-order valence-electron chi connectivity index (χ1n) is 21.9. The Morgan fingerprint density at radius 2 is 0.667 bits per heavy atom. The lowest BCUT2D eigenvalue weighted by atomic mass is 9.98. The van der Waals surface area contributed by atoms with E-state index >= 15 is 8.78 Å². The first-order chi connectivity index (χ1) is 32.5. The molecule has 0 aliphatic heterocycles. The number of aromatic nitrogens is 2. The third-order valence-corrected chi connectivity index (χ3v) is 12.9. The summed E-state index contributed by atoms with van der Waals surface area (Å²) in [5.41, 5.74) is 13.2. The summed E-state index contributed by atoms with van der Waals surface area (Å²) in [6, 6.07) is 76.7. The number of nitriles is 1. The SMILES string of the molecule is N#Cc1c(-n2c3ccc(-c4ccccc4)cc3c3ccc(-c4ccccc4)cc32)cc(-c2c(F)cccc2F)cc1-n1c2ccc(-c3ccccc3)cc2c2ccc(-c3ccccc3)cc21. The molecule has 12 aromatic rings. The van der Waals surface area contributed by atoms with Gasteiger partial charge in [-0.1, -0.05) is 164 Å². The van der Waals surface area contributed by atoms with Gasteiger partial charge in [-0.15, -0.1) is 0 Å². The molecule has 12 rings (SSSR count). The summed E-state index contributed by atoms with van der Waals surface area (Å²) in [5, 5.41) is 15.6. The molecule has 0 aliphatic rings. The number of halogens is 2. The average molecular weight is 850 g/mol. The number of hydrogen-bond acceptors (Lipinski definition) is 1. The van der Waals surface area contributed by atoms with Crippen LogP contribution in [0.25, 0.3) is 111 Å². The minimum Gasteiger partial charge on any atom is -0.308 e. The average Bonchev–Trinajstić information content (AvgIpc) is 3.88. The third-order valence-electron chi connectivity index (χ3n) is 12.9. The zero-order valence-electron chi connectivity index (χ0n) is 35.5. The fraction of sp³-hybridized carbons (Fsp3) is 0. The molecule has 10 aromatic carbocycles. The lowest BCUT2D eigenvalue weighted by molar-refractivity contribution is 0.589. The van der Waals surface area contributed by atoms with Crippen LogP contribution in [0.3, 0.4) is 0 Å². The van der Waals surface area contributed by atoms with Gasteiger partial charge in [-0.3, -0.25) is 0 Å². The van der Waals surface area contributed by atoms with Crippen molar-refractivity contribution in [1.29, 1.82) is 5.26 Å². The molecule has 0 aliphatic carbocycles. The lowest BCUT2D eigenvalue weighted by Gasteiger charge is -2.19. The summed E-state index contributed by atoms with van der Waals surface area (Å²) in [5.74, 6) is -1.39. The Hall–Kier alpha value is -8.85. The molecule has 0 saturated carbocycles. The van der Waals surface area contributed by atoms with Gasteiger partial charge < -0.3 is 9.13 Å². The van der Waals surface area contributed by atoms with E-state index in [0.29, 0.717) is 22.5 Å². The van der Waals surface area contributed by atoms with Crippen molar-refractivity contribution in [3.05, 3.63) is 242 Å². The van der Waals surface area contributed by atoms with Crippen LogP contribution in [-0.2, 0) is 0 Å². The number of rotatable bonds is 7. The van der Waals surface area contributed by atoms with Crippen LogP contribution >= 0.6 is 0 Å². The number of benzene rings is 10. The maximum absolute atomic E-state index is 16.3. The predicted molar refractivity (Wildman–Crippen MR) is 267 cm³/mol. The van der Waals surface area contributed by atoms with Crippen LogP contribution in [0.2, 0.25) is 0 Å². The molecule has 0 spiro atoms. The summed E-state index contributed by atoms with van der Waals surface area (Å²) in [4.78, 5) is 0. The van der Waals surface area contributed by atoms with Crippen molar-refractivity contribution in [3.63, 3.8) is 0 Å². The molecule has 3 nitrogen and oxygen atoms in total. The molecule has 0 amide bonds. The predicted octanol–water partition coefficient (Wildman–Crippen LogP) is 16.4. The quantitative estimate of drug-likeness (QED) is 0.157. The van der Waals surface area contributed by atoms with Gasteiger partial charge in [-0.25, -0.2) is 8.78 Å². The molecule has 5 heteroatoms. The van der Waals surface area contributed by atoms with Gasteiger partial charge in [-0.2, -0.15) is 5.26 Å². The lowest BCUT2D eigenvalue weighted by Crippen LogP contribution is -2.06. The fourth-order valence-corrected chi connectivity index (χ4v) is 9.80. The highest BCUT2D eigenvalue weighted by atomic mass is 19.1. The van der Waals surface area contributed by atoms with Crippen LogP contribution in [0.1, 0.15) is 5.56 Å². The standard InChI is InChI=1S/C61H37F2N3/c62-53-22-13-23-54(63)61(53)47-36-59(65-55-30-26-43(39-14-5-1-6-15-39)32-50(55)48-28-24-45(34-57(48)65)41-18-9-3-10-19-41)52(38-64)60(37-47)66-56-31-27-44(40-16-7-2-8-17-40)33-51(56)49-29-25-46(35-58(49)66)42-20-11-4-12-21-42/h1-37H. The first kappa shape index (κ1) is 38.8. The second kappa shape index (κ2) is 15.7. The maximum atomic E-state index is 16.3. The highest BCUT2D eigenvalue weighted by Gasteiger charge is 2.25. The van der Waals surface area contributed by atoms with Crippen LogP contribution < -0.4 is 0 Å². The second-order valence-electron chi connectivity index (χ2n) is 16.7. The zero-order chi connectivity index (χ0) is 44.3. The molecule has 2 aromatic heterocycles. The zero-order valence-corrected chi connectivity index (χ0v) is 35.5. The van der Waals surface area contributed by atoms with E-state index in [1.807, 2.05) is 72.8 Å². The normalized spacial score (nSPS) is 11.5. The Morgan fingerprint density at radius 3 is 1.05 bits per heavy atom. The van der Waals surface area contributed by atoms with Crippen molar-refractivity contribution in [2.75, 3.05) is 0 Å². The van der Waals surface area contributed by atoms with E-state index in [1.165, 1.54) is 18.2 Å². The monoisotopic (exact) mass is 849 g/mol. The van der Waals surface area contributed by atoms with Crippen LogP contribution in [-0.4, -0.2) is 9.13 Å². The summed E-state index contributed by atoms with van der Waals surface area (Å²) in [6.45, 7) is 0. The van der Waals surface area contributed by atoms with Crippen molar-refractivity contribution in [2.24, 2.45) is 0 Å². The number of hydrogen-bond donors (Lipinski definition) is 0. The van der Waals surface area contributed by atoms with Crippen LogP contribution in [0, 0.1) is 23.0 Å². The van der Waals surface area contributed by atoms with Gasteiger partial charge in [0.25, 0.3) is 0 Å². The molecule has 2 heterocycles. The molecule has 310 valence electrons. The molecule has 0 N–H and O–H groups in total. The largest absolute Gasteiger partial charge is 0.308 e. The van der Waals surface area contributed by atoms with E-state index in [-0.39, 0.29) is 5.56 Å². The van der Waals surface area contributed by atoms with Crippen molar-refractivity contribution in [3.8, 4) is 73.1 Å². The van der Waals surface area contributed by atoms with Crippen LogP contribution in [0.4, 0.5) is 8.78 Å². The van der Waals surface area contributed by atoms with Crippen molar-refractivity contribution in [1.82, 2.24) is 9.13 Å². The molecule has 0 atom stereocenters. The smallest absolute Gasteiger partial charge is 0.133 e. The van der Waals surface area contributed by atoms with Crippen molar-refractivity contribution >= 4 is 43.6 Å². The first-order valence-corrected chi connectivity index (χ1v) is 21.9. The summed E-state index contributed by atoms with van der Waals surface area (Å²) in [7, 11) is 0. The molecule has 0 radical (unpaired) electrons. The minimum absolute atomic E-state index is 0.168. The third kappa shape index (κ3) is 6.38. The van der Waals surface area contributed by atoms with Crippen molar-refractivity contribution < 1.29 is 8.78 Å². The topological polar surface area (TPSA) is 33.6 Å². The van der Waals surface area contributed by atoms with E-state index in [1.54, 1.807) is 12.1 Å². The van der Waals surface area contributed by atoms with Gasteiger partial charge in [0.2, 0.25) is 0 Å². The maximum Gasteiger partial charge on any atom is 0.133 e. The number of nitrogens with zero attached hydrogens (tertiary/aromatic N) is 3. The van der Waals surface area contributed by atoms with Crippen LogP contribution in [0.15, 0.2) is 224 Å². The molecule has 0 unspecified atom stereocenters. The minimum atomic E-state index is -0.696. The summed E-state index contributed by atoms with van der Waals surface area (Å²) < 4.78 is 36.7.